The van der Waals surface area contributed by atoms with Crippen LogP contribution in [-0.4, -0.2) is 21.6 Å². The quantitative estimate of drug-likeness (QED) is 0.827. The van der Waals surface area contributed by atoms with E-state index in [1.165, 1.54) is 19.5 Å². The highest BCUT2D eigenvalue weighted by Gasteiger charge is 2.22. The maximum Gasteiger partial charge on any atom is 0.244 e. The van der Waals surface area contributed by atoms with Gasteiger partial charge >= 0.3 is 0 Å². The van der Waals surface area contributed by atoms with Crippen LogP contribution in [0.3, 0.4) is 0 Å². The zero-order valence-corrected chi connectivity index (χ0v) is 11.9. The maximum absolute atomic E-state index is 12.0. The number of nitrogens with two attached hydrogens (primary N) is 1. The normalized spacial score (nSPS) is 17.3. The molecule has 1 saturated carbocycles. The minimum absolute atomic E-state index is 0.100. The van der Waals surface area contributed by atoms with E-state index in [1.54, 1.807) is 12.1 Å². The molecule has 0 unspecified atom stereocenters. The summed E-state index contributed by atoms with van der Waals surface area (Å²) in [7, 11) is -2.18. The molecule has 3 N–H and O–H groups in total. The van der Waals surface area contributed by atoms with Gasteiger partial charge in [-0.3, -0.25) is 0 Å². The molecule has 6 heteroatoms. The Morgan fingerprint density at radius 1 is 1.26 bits per heavy atom. The average Bonchev–Trinajstić information content (AvgIpc) is 2.42. The zero-order valence-electron chi connectivity index (χ0n) is 11.1. The van der Waals surface area contributed by atoms with Crippen molar-refractivity contribution in [3.63, 3.8) is 0 Å². The standard InChI is InChI=1S/C13H20N2O3S/c1-15-19(16,17)13-9-10(14)7-8-12(13)18-11-5-3-2-4-6-11/h7-9,11,15H,2-6,14H2,1H3. The van der Waals surface area contributed by atoms with Crippen molar-refractivity contribution < 1.29 is 13.2 Å². The van der Waals surface area contributed by atoms with Crippen LogP contribution in [0.15, 0.2) is 23.1 Å². The van der Waals surface area contributed by atoms with Crippen molar-refractivity contribution in [1.82, 2.24) is 4.72 Å². The molecular weight excluding hydrogens is 264 g/mol. The first-order valence-corrected chi connectivity index (χ1v) is 8.01. The molecule has 0 atom stereocenters. The number of hydrogen-bond donors (Lipinski definition) is 2. The fourth-order valence-electron chi connectivity index (χ4n) is 2.30. The van der Waals surface area contributed by atoms with Crippen molar-refractivity contribution in [2.75, 3.05) is 12.8 Å². The molecule has 106 valence electrons. The number of sulfonamides is 1. The van der Waals surface area contributed by atoms with Gasteiger partial charge in [-0.25, -0.2) is 13.1 Å². The number of nitrogens with one attached hydrogen (secondary N) is 1. The third-order valence-corrected chi connectivity index (χ3v) is 4.81. The van der Waals surface area contributed by atoms with Gasteiger partial charge in [-0.1, -0.05) is 6.42 Å². The molecule has 0 bridgehead atoms. The van der Waals surface area contributed by atoms with Crippen LogP contribution in [0.2, 0.25) is 0 Å². The molecular formula is C13H20N2O3S. The Bertz CT molecular complexity index is 537. The van der Waals surface area contributed by atoms with Gasteiger partial charge in [-0.05, 0) is 50.9 Å². The molecule has 5 nitrogen and oxygen atoms in total. The monoisotopic (exact) mass is 284 g/mol. The van der Waals surface area contributed by atoms with Gasteiger partial charge in [-0.15, -0.1) is 0 Å². The van der Waals surface area contributed by atoms with Gasteiger partial charge in [0.1, 0.15) is 10.6 Å². The highest BCUT2D eigenvalue weighted by molar-refractivity contribution is 7.89. The van der Waals surface area contributed by atoms with Gasteiger partial charge in [0, 0.05) is 5.69 Å². The number of benzene rings is 1. The van der Waals surface area contributed by atoms with Crippen LogP contribution in [0.4, 0.5) is 5.69 Å². The summed E-state index contributed by atoms with van der Waals surface area (Å²) in [5, 5.41) is 0. The second kappa shape index (κ2) is 5.79. The largest absolute Gasteiger partial charge is 0.489 e. The number of anilines is 1. The van der Waals surface area contributed by atoms with Crippen molar-refractivity contribution in [3.05, 3.63) is 18.2 Å². The summed E-state index contributed by atoms with van der Waals surface area (Å²) in [6.07, 6.45) is 5.54. The van der Waals surface area contributed by atoms with E-state index >= 15 is 0 Å². The van der Waals surface area contributed by atoms with Crippen LogP contribution in [-0.2, 0) is 10.0 Å². The molecule has 0 saturated heterocycles. The van der Waals surface area contributed by atoms with Crippen molar-refractivity contribution >= 4 is 15.7 Å². The molecule has 2 rings (SSSR count). The van der Waals surface area contributed by atoms with Crippen LogP contribution in [0.25, 0.3) is 0 Å². The summed E-state index contributed by atoms with van der Waals surface area (Å²) in [6.45, 7) is 0. The first kappa shape index (κ1) is 14.1. The third-order valence-electron chi connectivity index (χ3n) is 3.37. The van der Waals surface area contributed by atoms with E-state index in [0.29, 0.717) is 11.4 Å². The predicted molar refractivity (Wildman–Crippen MR) is 74.6 cm³/mol. The van der Waals surface area contributed by atoms with Gasteiger partial charge in [0.25, 0.3) is 0 Å². The summed E-state index contributed by atoms with van der Waals surface area (Å²) in [5.74, 6) is 0.385. The molecule has 1 aromatic rings. The Morgan fingerprint density at radius 2 is 1.95 bits per heavy atom. The number of ether oxygens (including phenoxy) is 1. The topological polar surface area (TPSA) is 81.4 Å². The summed E-state index contributed by atoms with van der Waals surface area (Å²) in [6, 6.07) is 4.73. The summed E-state index contributed by atoms with van der Waals surface area (Å²) in [4.78, 5) is 0.112. The van der Waals surface area contributed by atoms with E-state index < -0.39 is 10.0 Å². The Kier molecular flexibility index (Phi) is 4.31. The van der Waals surface area contributed by atoms with E-state index in [4.69, 9.17) is 10.5 Å². The van der Waals surface area contributed by atoms with Crippen LogP contribution in [0, 0.1) is 0 Å². The predicted octanol–water partition coefficient (Wildman–Crippen LogP) is 1.89. The molecule has 0 radical (unpaired) electrons. The first-order chi connectivity index (χ1) is 9.03. The molecule has 0 amide bonds. The number of nitrogen functional groups attached to an aromatic ring is 1. The SMILES string of the molecule is CNS(=O)(=O)c1cc(N)ccc1OC1CCCCC1. The molecule has 0 aromatic heterocycles. The summed E-state index contributed by atoms with van der Waals surface area (Å²) >= 11 is 0. The van der Waals surface area contributed by atoms with Crippen LogP contribution < -0.4 is 15.2 Å². The number of rotatable bonds is 4. The molecule has 0 aliphatic heterocycles. The fourth-order valence-corrected chi connectivity index (χ4v) is 3.20. The third kappa shape index (κ3) is 3.39. The van der Waals surface area contributed by atoms with E-state index in [2.05, 4.69) is 4.72 Å². The average molecular weight is 284 g/mol. The lowest BCUT2D eigenvalue weighted by Gasteiger charge is -2.24. The Balaban J connectivity index is 2.29. The van der Waals surface area contributed by atoms with Gasteiger partial charge < -0.3 is 10.5 Å². The van der Waals surface area contributed by atoms with Crippen molar-refractivity contribution in [2.24, 2.45) is 0 Å². The van der Waals surface area contributed by atoms with Gasteiger partial charge in [-0.2, -0.15) is 0 Å². The smallest absolute Gasteiger partial charge is 0.244 e. The second-order valence-corrected chi connectivity index (χ2v) is 6.65. The van der Waals surface area contributed by atoms with Crippen molar-refractivity contribution in [1.29, 1.82) is 0 Å². The Morgan fingerprint density at radius 3 is 2.58 bits per heavy atom. The molecule has 1 fully saturated rings. The first-order valence-electron chi connectivity index (χ1n) is 6.52. The molecule has 0 spiro atoms. The minimum Gasteiger partial charge on any atom is -0.489 e. The van der Waals surface area contributed by atoms with Crippen molar-refractivity contribution in [3.8, 4) is 5.75 Å². The van der Waals surface area contributed by atoms with E-state index in [9.17, 15) is 8.42 Å². The van der Waals surface area contributed by atoms with Gasteiger partial charge in [0.05, 0.1) is 6.10 Å². The Hall–Kier alpha value is -1.27. The molecule has 1 aliphatic carbocycles. The van der Waals surface area contributed by atoms with Crippen LogP contribution >= 0.6 is 0 Å². The number of hydrogen-bond acceptors (Lipinski definition) is 4. The Labute approximate surface area is 114 Å². The molecule has 19 heavy (non-hydrogen) atoms. The second-order valence-electron chi connectivity index (χ2n) is 4.79. The van der Waals surface area contributed by atoms with Crippen LogP contribution in [0.1, 0.15) is 32.1 Å². The lowest BCUT2D eigenvalue weighted by atomic mass is 9.98. The highest BCUT2D eigenvalue weighted by Crippen LogP contribution is 2.30. The minimum atomic E-state index is -3.56. The lowest BCUT2D eigenvalue weighted by molar-refractivity contribution is 0.151. The van der Waals surface area contributed by atoms with Crippen LogP contribution in [0.5, 0.6) is 5.75 Å². The maximum atomic E-state index is 12.0. The summed E-state index contributed by atoms with van der Waals surface area (Å²) < 4.78 is 32.1. The molecule has 1 aromatic carbocycles. The van der Waals surface area contributed by atoms with Gasteiger partial charge in [0.15, 0.2) is 0 Å². The van der Waals surface area contributed by atoms with E-state index in [1.807, 2.05) is 0 Å². The lowest BCUT2D eigenvalue weighted by Crippen LogP contribution is -2.23. The zero-order chi connectivity index (χ0) is 13.9. The van der Waals surface area contributed by atoms with Gasteiger partial charge in [0.2, 0.25) is 10.0 Å². The molecule has 1 aliphatic rings. The van der Waals surface area contributed by atoms with E-state index in [0.717, 1.165) is 25.7 Å². The summed E-state index contributed by atoms with van der Waals surface area (Å²) in [5.41, 5.74) is 6.07. The van der Waals surface area contributed by atoms with Crippen molar-refractivity contribution in [2.45, 2.75) is 43.1 Å². The van der Waals surface area contributed by atoms with E-state index in [-0.39, 0.29) is 11.0 Å². The molecule has 0 heterocycles. The fraction of sp³-hybridized carbons (Fsp3) is 0.538. The highest BCUT2D eigenvalue weighted by atomic mass is 32.2.